The van der Waals surface area contributed by atoms with Crippen molar-refractivity contribution in [2.75, 3.05) is 0 Å². The maximum Gasteiger partial charge on any atom is 0.124 e. The summed E-state index contributed by atoms with van der Waals surface area (Å²) < 4.78 is 37.6. The molecule has 3 aliphatic rings. The number of hydrogen-bond acceptors (Lipinski definition) is 3. The number of benzene rings is 1. The Labute approximate surface area is 190 Å². The zero-order valence-electron chi connectivity index (χ0n) is 19.2. The Morgan fingerprint density at radius 2 is 1.16 bits per heavy atom. The van der Waals surface area contributed by atoms with Crippen LogP contribution in [0.25, 0.3) is 0 Å². The molecule has 0 unspecified atom stereocenters. The standard InChI is InChI=1S/C27H42O3S/c28-31(29,30)27-25(23-15-6-2-7-16-23)19-22(14-10-13-21-11-4-1-5-12-21)20-26(27)24-17-8-3-9-18-24/h19-21,23-24H,1-18H2,(H,28,29,30)/p-1. The summed E-state index contributed by atoms with van der Waals surface area (Å²) in [6.07, 6.45) is 21.6. The Kier molecular flexibility index (Phi) is 8.14. The molecule has 0 atom stereocenters. The van der Waals surface area contributed by atoms with Gasteiger partial charge in [-0.2, -0.15) is 0 Å². The molecule has 0 spiro atoms. The highest BCUT2D eigenvalue weighted by molar-refractivity contribution is 7.85. The average Bonchev–Trinajstić information content (AvgIpc) is 2.80. The normalized spacial score (nSPS) is 22.6. The van der Waals surface area contributed by atoms with E-state index in [1.807, 2.05) is 0 Å². The van der Waals surface area contributed by atoms with E-state index in [0.717, 1.165) is 74.8 Å². The molecule has 3 aliphatic carbocycles. The van der Waals surface area contributed by atoms with Crippen LogP contribution < -0.4 is 0 Å². The van der Waals surface area contributed by atoms with Gasteiger partial charge in [-0.15, -0.1) is 0 Å². The second kappa shape index (κ2) is 10.8. The molecular formula is C27H41O3S-. The Balaban J connectivity index is 1.64. The largest absolute Gasteiger partial charge is 0.744 e. The van der Waals surface area contributed by atoms with E-state index in [-0.39, 0.29) is 16.7 Å². The second-order valence-corrected chi connectivity index (χ2v) is 11.9. The van der Waals surface area contributed by atoms with Crippen LogP contribution in [0, 0.1) is 5.92 Å². The molecular weight excluding hydrogens is 404 g/mol. The lowest BCUT2D eigenvalue weighted by Gasteiger charge is -2.31. The van der Waals surface area contributed by atoms with Crippen molar-refractivity contribution in [3.63, 3.8) is 0 Å². The first-order valence-corrected chi connectivity index (χ1v) is 14.6. The summed E-state index contributed by atoms with van der Waals surface area (Å²) in [5.41, 5.74) is 3.04. The zero-order valence-corrected chi connectivity index (χ0v) is 20.1. The van der Waals surface area contributed by atoms with E-state index in [2.05, 4.69) is 12.1 Å². The third-order valence-electron chi connectivity index (χ3n) is 8.35. The molecule has 31 heavy (non-hydrogen) atoms. The summed E-state index contributed by atoms with van der Waals surface area (Å²) in [7, 11) is -4.47. The minimum Gasteiger partial charge on any atom is -0.744 e. The van der Waals surface area contributed by atoms with Crippen LogP contribution in [0.3, 0.4) is 0 Å². The van der Waals surface area contributed by atoms with Crippen LogP contribution in [0.4, 0.5) is 0 Å². The maximum atomic E-state index is 12.5. The third-order valence-corrected chi connectivity index (χ3v) is 9.32. The number of rotatable bonds is 7. The van der Waals surface area contributed by atoms with Gasteiger partial charge in [0.2, 0.25) is 0 Å². The molecule has 0 aromatic heterocycles. The number of aryl methyl sites for hydroxylation is 1. The van der Waals surface area contributed by atoms with Gasteiger partial charge >= 0.3 is 0 Å². The molecule has 3 nitrogen and oxygen atoms in total. The molecule has 4 heteroatoms. The highest BCUT2D eigenvalue weighted by Gasteiger charge is 2.28. The second-order valence-electron chi connectivity index (χ2n) is 10.6. The smallest absolute Gasteiger partial charge is 0.124 e. The molecule has 0 N–H and O–H groups in total. The maximum absolute atomic E-state index is 12.5. The van der Waals surface area contributed by atoms with Crippen LogP contribution >= 0.6 is 0 Å². The first-order valence-electron chi connectivity index (χ1n) is 13.1. The monoisotopic (exact) mass is 445 g/mol. The summed E-state index contributed by atoms with van der Waals surface area (Å²) in [6, 6.07) is 4.27. The van der Waals surface area contributed by atoms with Crippen LogP contribution in [0.5, 0.6) is 0 Å². The van der Waals surface area contributed by atoms with Crippen LogP contribution in [0.1, 0.15) is 138 Å². The molecule has 0 amide bonds. The first kappa shape index (κ1) is 23.3. The van der Waals surface area contributed by atoms with Crippen molar-refractivity contribution >= 4 is 10.1 Å². The van der Waals surface area contributed by atoms with Crippen molar-refractivity contribution in [2.45, 2.75) is 132 Å². The van der Waals surface area contributed by atoms with Crippen LogP contribution in [0.2, 0.25) is 0 Å². The molecule has 3 saturated carbocycles. The first-order chi connectivity index (χ1) is 15.0. The zero-order chi connectivity index (χ0) is 21.7. The Hall–Kier alpha value is -0.870. The van der Waals surface area contributed by atoms with Crippen LogP contribution in [-0.4, -0.2) is 13.0 Å². The van der Waals surface area contributed by atoms with Gasteiger partial charge in [0.15, 0.2) is 0 Å². The van der Waals surface area contributed by atoms with Gasteiger partial charge in [0.25, 0.3) is 0 Å². The molecule has 3 fully saturated rings. The van der Waals surface area contributed by atoms with Crippen molar-refractivity contribution < 1.29 is 13.0 Å². The highest BCUT2D eigenvalue weighted by atomic mass is 32.2. The van der Waals surface area contributed by atoms with Gasteiger partial charge in [-0.25, -0.2) is 8.42 Å². The van der Waals surface area contributed by atoms with Gasteiger partial charge in [-0.3, -0.25) is 0 Å². The quantitative estimate of drug-likeness (QED) is 0.406. The molecule has 0 aliphatic heterocycles. The van der Waals surface area contributed by atoms with Crippen LogP contribution in [0.15, 0.2) is 17.0 Å². The summed E-state index contributed by atoms with van der Waals surface area (Å²) >= 11 is 0. The Bertz CT molecular complexity index is 772. The van der Waals surface area contributed by atoms with Crippen molar-refractivity contribution in [2.24, 2.45) is 5.92 Å². The van der Waals surface area contributed by atoms with E-state index >= 15 is 0 Å². The molecule has 1 aromatic rings. The van der Waals surface area contributed by atoms with E-state index in [1.165, 1.54) is 63.4 Å². The Morgan fingerprint density at radius 3 is 1.61 bits per heavy atom. The fourth-order valence-electron chi connectivity index (χ4n) is 6.68. The topological polar surface area (TPSA) is 57.2 Å². The van der Waals surface area contributed by atoms with Gasteiger partial charge in [-0.05, 0) is 73.0 Å². The van der Waals surface area contributed by atoms with E-state index in [9.17, 15) is 13.0 Å². The van der Waals surface area contributed by atoms with Gasteiger partial charge in [0.1, 0.15) is 10.1 Å². The van der Waals surface area contributed by atoms with Gasteiger partial charge < -0.3 is 4.55 Å². The van der Waals surface area contributed by atoms with Crippen molar-refractivity contribution in [3.8, 4) is 0 Å². The van der Waals surface area contributed by atoms with Gasteiger partial charge in [-0.1, -0.05) is 89.2 Å². The minimum absolute atomic E-state index is 0.183. The van der Waals surface area contributed by atoms with Crippen molar-refractivity contribution in [1.29, 1.82) is 0 Å². The summed E-state index contributed by atoms with van der Waals surface area (Å²) in [5.74, 6) is 1.37. The van der Waals surface area contributed by atoms with E-state index < -0.39 is 10.1 Å². The molecule has 174 valence electrons. The summed E-state index contributed by atoms with van der Waals surface area (Å²) in [4.78, 5) is 0.183. The van der Waals surface area contributed by atoms with Crippen LogP contribution in [-0.2, 0) is 16.5 Å². The fraction of sp³-hybridized carbons (Fsp3) is 0.778. The average molecular weight is 446 g/mol. The van der Waals surface area contributed by atoms with Gasteiger partial charge in [0.05, 0.1) is 4.90 Å². The van der Waals surface area contributed by atoms with E-state index in [0.29, 0.717) is 0 Å². The van der Waals surface area contributed by atoms with Crippen molar-refractivity contribution in [3.05, 3.63) is 28.8 Å². The molecule has 1 aromatic carbocycles. The van der Waals surface area contributed by atoms with Crippen molar-refractivity contribution in [1.82, 2.24) is 0 Å². The third kappa shape index (κ3) is 6.13. The summed E-state index contributed by atoms with van der Waals surface area (Å²) in [6.45, 7) is 0. The predicted molar refractivity (Wildman–Crippen MR) is 126 cm³/mol. The molecule has 0 saturated heterocycles. The number of hydrogen-bond donors (Lipinski definition) is 0. The Morgan fingerprint density at radius 1 is 0.710 bits per heavy atom. The lowest BCUT2D eigenvalue weighted by Crippen LogP contribution is -2.17. The lowest BCUT2D eigenvalue weighted by molar-refractivity contribution is 0.332. The SMILES string of the molecule is O=S(=O)([O-])c1c(C2CCCCC2)cc(CCCC2CCCCC2)cc1C1CCCCC1. The molecule has 0 bridgehead atoms. The predicted octanol–water partition coefficient (Wildman–Crippen LogP) is 7.59. The van der Waals surface area contributed by atoms with Gasteiger partial charge in [0, 0.05) is 0 Å². The molecule has 0 heterocycles. The highest BCUT2D eigenvalue weighted by Crippen LogP contribution is 2.43. The lowest BCUT2D eigenvalue weighted by atomic mass is 9.78. The van der Waals surface area contributed by atoms with E-state index in [4.69, 9.17) is 0 Å². The minimum atomic E-state index is -4.47. The molecule has 0 radical (unpaired) electrons. The summed E-state index contributed by atoms with van der Waals surface area (Å²) in [5, 5.41) is 0. The van der Waals surface area contributed by atoms with E-state index in [1.54, 1.807) is 0 Å². The molecule has 4 rings (SSSR count). The fourth-order valence-corrected chi connectivity index (χ4v) is 7.70.